The third-order valence-electron chi connectivity index (χ3n) is 4.93. The van der Waals surface area contributed by atoms with Crippen molar-refractivity contribution in [1.29, 1.82) is 0 Å². The highest BCUT2D eigenvalue weighted by molar-refractivity contribution is 7.92. The molecule has 1 aliphatic heterocycles. The number of carbonyl (C=O) groups excluding carboxylic acids is 1. The highest BCUT2D eigenvalue weighted by atomic mass is 32.2. The normalized spacial score (nSPS) is 17.4. The zero-order valence-electron chi connectivity index (χ0n) is 16.0. The number of amides is 1. The summed E-state index contributed by atoms with van der Waals surface area (Å²) in [5.74, 6) is -0.140. The van der Waals surface area contributed by atoms with Crippen molar-refractivity contribution < 1.29 is 18.3 Å². The molecular weight excluding hydrogens is 376 g/mol. The molecule has 1 N–H and O–H groups in total. The van der Waals surface area contributed by atoms with Gasteiger partial charge in [-0.25, -0.2) is 8.42 Å². The Balaban J connectivity index is 1.83. The van der Waals surface area contributed by atoms with Crippen molar-refractivity contribution in [3.8, 4) is 0 Å². The summed E-state index contributed by atoms with van der Waals surface area (Å²) < 4.78 is 27.7. The average molecular weight is 403 g/mol. The van der Waals surface area contributed by atoms with Crippen molar-refractivity contribution in [1.82, 2.24) is 4.90 Å². The molecule has 0 spiro atoms. The SMILES string of the molecule is Cc1ccc(N(CCC(=O)N2CCCC(O)C2)S(=O)(=O)c2ccccc2)cc1. The molecule has 0 saturated carbocycles. The van der Waals surface area contributed by atoms with Gasteiger partial charge in [-0.2, -0.15) is 0 Å². The largest absolute Gasteiger partial charge is 0.391 e. The van der Waals surface area contributed by atoms with Gasteiger partial charge in [0.05, 0.1) is 16.7 Å². The lowest BCUT2D eigenvalue weighted by molar-refractivity contribution is -0.133. The van der Waals surface area contributed by atoms with Crippen molar-refractivity contribution in [2.75, 3.05) is 23.9 Å². The summed E-state index contributed by atoms with van der Waals surface area (Å²) in [5.41, 5.74) is 1.56. The molecule has 3 rings (SSSR count). The van der Waals surface area contributed by atoms with Crippen LogP contribution in [0.15, 0.2) is 59.5 Å². The number of piperidine rings is 1. The average Bonchev–Trinajstić information content (AvgIpc) is 2.70. The topological polar surface area (TPSA) is 77.9 Å². The van der Waals surface area contributed by atoms with Gasteiger partial charge in [-0.15, -0.1) is 0 Å². The summed E-state index contributed by atoms with van der Waals surface area (Å²) >= 11 is 0. The van der Waals surface area contributed by atoms with Crippen LogP contribution in [0.3, 0.4) is 0 Å². The molecule has 0 aliphatic carbocycles. The summed E-state index contributed by atoms with van der Waals surface area (Å²) in [6.45, 7) is 2.90. The second-order valence-corrected chi connectivity index (χ2v) is 8.97. The van der Waals surface area contributed by atoms with Gasteiger partial charge in [0.2, 0.25) is 5.91 Å². The van der Waals surface area contributed by atoms with E-state index in [1.165, 1.54) is 4.31 Å². The lowest BCUT2D eigenvalue weighted by Crippen LogP contribution is -2.43. The molecule has 1 unspecified atom stereocenters. The minimum absolute atomic E-state index is 0.0473. The Hall–Kier alpha value is -2.38. The Bertz CT molecular complexity index is 898. The number of benzene rings is 2. The number of β-amino-alcohol motifs (C(OH)–C–C–N with tert-alkyl or cyclic N) is 1. The Morgan fingerprint density at radius 2 is 1.82 bits per heavy atom. The van der Waals surface area contributed by atoms with Gasteiger partial charge in [-0.3, -0.25) is 9.10 Å². The van der Waals surface area contributed by atoms with E-state index in [1.54, 1.807) is 47.4 Å². The molecular formula is C21H26N2O4S. The predicted octanol–water partition coefficient (Wildman–Crippen LogP) is 2.56. The molecule has 1 atom stereocenters. The summed E-state index contributed by atoms with van der Waals surface area (Å²) in [6, 6.07) is 15.5. The molecule has 1 saturated heterocycles. The zero-order chi connectivity index (χ0) is 20.1. The van der Waals surface area contributed by atoms with Gasteiger partial charge in [0, 0.05) is 26.1 Å². The predicted molar refractivity (Wildman–Crippen MR) is 109 cm³/mol. The minimum atomic E-state index is -3.79. The van der Waals surface area contributed by atoms with E-state index in [0.717, 1.165) is 12.0 Å². The first-order valence-electron chi connectivity index (χ1n) is 9.48. The van der Waals surface area contributed by atoms with Crippen LogP contribution in [-0.2, 0) is 14.8 Å². The lowest BCUT2D eigenvalue weighted by Gasteiger charge is -2.31. The summed E-state index contributed by atoms with van der Waals surface area (Å²) in [4.78, 5) is 14.4. The fourth-order valence-corrected chi connectivity index (χ4v) is 4.84. The molecule has 1 heterocycles. The molecule has 7 heteroatoms. The number of aliphatic hydroxyl groups is 1. The van der Waals surface area contributed by atoms with Crippen molar-refractivity contribution in [2.45, 2.75) is 37.2 Å². The van der Waals surface area contributed by atoms with Gasteiger partial charge >= 0.3 is 0 Å². The van der Waals surface area contributed by atoms with Gasteiger partial charge in [-0.05, 0) is 44.0 Å². The van der Waals surface area contributed by atoms with E-state index >= 15 is 0 Å². The van der Waals surface area contributed by atoms with E-state index < -0.39 is 16.1 Å². The third kappa shape index (κ3) is 4.72. The maximum Gasteiger partial charge on any atom is 0.264 e. The Labute approximate surface area is 166 Å². The van der Waals surface area contributed by atoms with E-state index in [1.807, 2.05) is 19.1 Å². The third-order valence-corrected chi connectivity index (χ3v) is 6.77. The standard InChI is InChI=1S/C21H26N2O4S/c1-17-9-11-18(12-10-17)23(28(26,27)20-7-3-2-4-8-20)15-13-21(25)22-14-5-6-19(24)16-22/h2-4,7-12,19,24H,5-6,13-16H2,1H3. The number of aryl methyl sites for hydroxylation is 1. The number of carbonyl (C=O) groups is 1. The molecule has 1 aliphatic rings. The van der Waals surface area contributed by atoms with Crippen LogP contribution in [0.4, 0.5) is 5.69 Å². The van der Waals surface area contributed by atoms with Crippen molar-refractivity contribution in [3.05, 3.63) is 60.2 Å². The van der Waals surface area contributed by atoms with Gasteiger partial charge in [0.1, 0.15) is 0 Å². The quantitative estimate of drug-likeness (QED) is 0.806. The molecule has 6 nitrogen and oxygen atoms in total. The van der Waals surface area contributed by atoms with Crippen LogP contribution < -0.4 is 4.31 Å². The van der Waals surface area contributed by atoms with Crippen LogP contribution in [0, 0.1) is 6.92 Å². The summed E-state index contributed by atoms with van der Waals surface area (Å²) in [6.07, 6.45) is 1.02. The van der Waals surface area contributed by atoms with Crippen LogP contribution in [0.25, 0.3) is 0 Å². The number of nitrogens with zero attached hydrogens (tertiary/aromatic N) is 2. The molecule has 2 aromatic carbocycles. The van der Waals surface area contributed by atoms with Gasteiger partial charge in [0.15, 0.2) is 0 Å². The first-order valence-corrected chi connectivity index (χ1v) is 10.9. The smallest absolute Gasteiger partial charge is 0.264 e. The fourth-order valence-electron chi connectivity index (χ4n) is 3.36. The molecule has 1 amide bonds. The highest BCUT2D eigenvalue weighted by Crippen LogP contribution is 2.24. The lowest BCUT2D eigenvalue weighted by atomic mass is 10.1. The first kappa shape index (κ1) is 20.4. The van der Waals surface area contributed by atoms with E-state index in [9.17, 15) is 18.3 Å². The van der Waals surface area contributed by atoms with Gasteiger partial charge in [0.25, 0.3) is 10.0 Å². The van der Waals surface area contributed by atoms with Crippen LogP contribution in [0.5, 0.6) is 0 Å². The Morgan fingerprint density at radius 3 is 2.46 bits per heavy atom. The second-order valence-electron chi connectivity index (χ2n) is 7.11. The molecule has 1 fully saturated rings. The summed E-state index contributed by atoms with van der Waals surface area (Å²) in [7, 11) is -3.79. The van der Waals surface area contributed by atoms with Crippen LogP contribution >= 0.6 is 0 Å². The van der Waals surface area contributed by atoms with Crippen LogP contribution in [-0.4, -0.2) is 50.1 Å². The number of anilines is 1. The van der Waals surface area contributed by atoms with Crippen molar-refractivity contribution in [2.24, 2.45) is 0 Å². The Kier molecular flexibility index (Phi) is 6.36. The van der Waals surface area contributed by atoms with E-state index in [2.05, 4.69) is 0 Å². The minimum Gasteiger partial charge on any atom is -0.391 e. The van der Waals surface area contributed by atoms with Gasteiger partial charge < -0.3 is 10.0 Å². The summed E-state index contributed by atoms with van der Waals surface area (Å²) in [5, 5.41) is 9.79. The fraction of sp³-hybridized carbons (Fsp3) is 0.381. The van der Waals surface area contributed by atoms with E-state index in [0.29, 0.717) is 25.2 Å². The number of hydrogen-bond donors (Lipinski definition) is 1. The molecule has 150 valence electrons. The molecule has 0 bridgehead atoms. The van der Waals surface area contributed by atoms with Crippen LogP contribution in [0.1, 0.15) is 24.8 Å². The number of rotatable bonds is 6. The monoisotopic (exact) mass is 402 g/mol. The Morgan fingerprint density at radius 1 is 1.14 bits per heavy atom. The van der Waals surface area contributed by atoms with E-state index in [-0.39, 0.29) is 23.8 Å². The number of aliphatic hydroxyl groups excluding tert-OH is 1. The first-order chi connectivity index (χ1) is 13.4. The number of sulfonamides is 1. The second kappa shape index (κ2) is 8.75. The van der Waals surface area contributed by atoms with Crippen molar-refractivity contribution in [3.63, 3.8) is 0 Å². The highest BCUT2D eigenvalue weighted by Gasteiger charge is 2.27. The number of likely N-dealkylation sites (tertiary alicyclic amines) is 1. The molecule has 0 radical (unpaired) electrons. The molecule has 28 heavy (non-hydrogen) atoms. The maximum absolute atomic E-state index is 13.2. The molecule has 0 aromatic heterocycles. The van der Waals surface area contributed by atoms with E-state index in [4.69, 9.17) is 0 Å². The van der Waals surface area contributed by atoms with Crippen LogP contribution in [0.2, 0.25) is 0 Å². The maximum atomic E-state index is 13.2. The van der Waals surface area contributed by atoms with Crippen molar-refractivity contribution >= 4 is 21.6 Å². The zero-order valence-corrected chi connectivity index (χ0v) is 16.8. The number of hydrogen-bond acceptors (Lipinski definition) is 4. The van der Waals surface area contributed by atoms with Gasteiger partial charge in [-0.1, -0.05) is 35.9 Å². The molecule has 2 aromatic rings.